The Morgan fingerprint density at radius 3 is 2.78 bits per heavy atom. The van der Waals surface area contributed by atoms with E-state index in [-0.39, 0.29) is 0 Å². The lowest BCUT2D eigenvalue weighted by atomic mass is 10.1. The predicted octanol–water partition coefficient (Wildman–Crippen LogP) is 4.10. The molecule has 2 aromatic heterocycles. The second-order valence-electron chi connectivity index (χ2n) is 4.57. The van der Waals surface area contributed by atoms with Crippen LogP contribution in [0.25, 0.3) is 21.3 Å². The second-order valence-corrected chi connectivity index (χ2v) is 6.39. The minimum atomic E-state index is 0.577. The van der Waals surface area contributed by atoms with Gasteiger partial charge in [-0.25, -0.2) is 9.97 Å². The number of thioether (sulfide) groups is 1. The third-order valence-electron chi connectivity index (χ3n) is 3.32. The van der Waals surface area contributed by atoms with E-state index in [4.69, 9.17) is 15.9 Å². The molecule has 2 heterocycles. The van der Waals surface area contributed by atoms with Gasteiger partial charge in [-0.15, -0.1) is 17.8 Å². The van der Waals surface area contributed by atoms with Crippen LogP contribution in [-0.2, 0) is 0 Å². The molecule has 0 unspecified atom stereocenters. The quantitative estimate of drug-likeness (QED) is 0.397. The van der Waals surface area contributed by atoms with Gasteiger partial charge < -0.3 is 9.47 Å². The lowest BCUT2D eigenvalue weighted by Crippen LogP contribution is -1.91. The third-order valence-corrected chi connectivity index (χ3v) is 5.10. The average Bonchev–Trinajstić information content (AvgIpc) is 3.04. The molecule has 0 fully saturated rings. The summed E-state index contributed by atoms with van der Waals surface area (Å²) >= 11 is 3.14. The molecule has 1 aromatic carbocycles. The molecule has 4 nitrogen and oxygen atoms in total. The Kier molecular flexibility index (Phi) is 4.70. The summed E-state index contributed by atoms with van der Waals surface area (Å²) in [5.74, 6) is 4.61. The maximum Gasteiger partial charge on any atom is 0.161 e. The minimum Gasteiger partial charge on any atom is -0.493 e. The number of hydrogen-bond donors (Lipinski definition) is 0. The van der Waals surface area contributed by atoms with Crippen LogP contribution in [0, 0.1) is 12.3 Å². The van der Waals surface area contributed by atoms with Crippen molar-refractivity contribution >= 4 is 33.3 Å². The van der Waals surface area contributed by atoms with E-state index in [1.54, 1.807) is 43.6 Å². The first-order chi connectivity index (χ1) is 11.3. The molecule has 0 N–H and O–H groups in total. The maximum absolute atomic E-state index is 5.40. The summed E-state index contributed by atoms with van der Waals surface area (Å²) in [4.78, 5) is 9.69. The highest BCUT2D eigenvalue weighted by atomic mass is 32.2. The van der Waals surface area contributed by atoms with Crippen LogP contribution in [0.4, 0.5) is 0 Å². The highest BCUT2D eigenvalue weighted by Gasteiger charge is 2.15. The van der Waals surface area contributed by atoms with Gasteiger partial charge in [-0.2, -0.15) is 0 Å². The van der Waals surface area contributed by atoms with Gasteiger partial charge in [0, 0.05) is 10.9 Å². The third kappa shape index (κ3) is 2.98. The fraction of sp³-hybridized carbons (Fsp3) is 0.176. The van der Waals surface area contributed by atoms with E-state index in [1.807, 2.05) is 18.2 Å². The first-order valence-electron chi connectivity index (χ1n) is 6.79. The number of terminal acetylenes is 1. The van der Waals surface area contributed by atoms with Crippen molar-refractivity contribution in [1.82, 2.24) is 9.97 Å². The van der Waals surface area contributed by atoms with Crippen LogP contribution < -0.4 is 9.47 Å². The Morgan fingerprint density at radius 2 is 2.04 bits per heavy atom. The second kappa shape index (κ2) is 6.90. The monoisotopic (exact) mass is 342 g/mol. The number of methoxy groups -OCH3 is 2. The van der Waals surface area contributed by atoms with Gasteiger partial charge in [-0.05, 0) is 17.7 Å². The van der Waals surface area contributed by atoms with Gasteiger partial charge in [0.15, 0.2) is 11.5 Å². The molecule has 0 spiro atoms. The van der Waals surface area contributed by atoms with Gasteiger partial charge in [0.05, 0.1) is 25.4 Å². The van der Waals surface area contributed by atoms with Crippen LogP contribution in [-0.4, -0.2) is 29.9 Å². The number of benzene rings is 1. The Morgan fingerprint density at radius 1 is 1.22 bits per heavy atom. The number of aromatic nitrogens is 2. The average molecular weight is 342 g/mol. The van der Waals surface area contributed by atoms with E-state index in [2.05, 4.69) is 21.3 Å². The van der Waals surface area contributed by atoms with E-state index in [9.17, 15) is 0 Å². The molecule has 0 saturated heterocycles. The number of hydrogen-bond acceptors (Lipinski definition) is 6. The Labute approximate surface area is 142 Å². The lowest BCUT2D eigenvalue weighted by Gasteiger charge is -2.10. The Balaban J connectivity index is 2.15. The van der Waals surface area contributed by atoms with Gasteiger partial charge in [-0.1, -0.05) is 23.7 Å². The molecule has 3 rings (SSSR count). The van der Waals surface area contributed by atoms with Crippen molar-refractivity contribution in [3.8, 4) is 35.0 Å². The Hall–Kier alpha value is -2.23. The predicted molar refractivity (Wildman–Crippen MR) is 95.5 cm³/mol. The summed E-state index contributed by atoms with van der Waals surface area (Å²) in [6.45, 7) is 0. The standard InChI is InChI=1S/C17H14N2O2S2/c1-4-7-22-16-15-12(9-23-17(15)19-10-18-16)11-5-6-13(20-2)14(8-11)21-3/h1,5-6,8-10H,7H2,2-3H3. The van der Waals surface area contributed by atoms with Crippen molar-refractivity contribution in [3.63, 3.8) is 0 Å². The van der Waals surface area contributed by atoms with Crippen molar-refractivity contribution in [2.75, 3.05) is 20.0 Å². The van der Waals surface area contributed by atoms with Gasteiger partial charge in [0.2, 0.25) is 0 Å². The molecule has 0 aliphatic carbocycles. The van der Waals surface area contributed by atoms with Crippen LogP contribution in [0.3, 0.4) is 0 Å². The molecule has 0 bridgehead atoms. The van der Waals surface area contributed by atoms with E-state index in [0.29, 0.717) is 17.3 Å². The molecule has 0 aliphatic rings. The van der Waals surface area contributed by atoms with Crippen LogP contribution in [0.15, 0.2) is 34.9 Å². The van der Waals surface area contributed by atoms with Gasteiger partial charge in [0.1, 0.15) is 16.2 Å². The number of nitrogens with zero attached hydrogens (tertiary/aromatic N) is 2. The molecular formula is C17H14N2O2S2. The molecule has 6 heteroatoms. The van der Waals surface area contributed by atoms with Crippen LogP contribution in [0.2, 0.25) is 0 Å². The Bertz CT molecular complexity index is 884. The van der Waals surface area contributed by atoms with Crippen LogP contribution >= 0.6 is 23.1 Å². The molecule has 116 valence electrons. The van der Waals surface area contributed by atoms with Crippen molar-refractivity contribution in [2.24, 2.45) is 0 Å². The molecule has 0 radical (unpaired) electrons. The summed E-state index contributed by atoms with van der Waals surface area (Å²) < 4.78 is 10.7. The molecule has 0 aliphatic heterocycles. The number of ether oxygens (including phenoxy) is 2. The first-order valence-corrected chi connectivity index (χ1v) is 8.66. The maximum atomic E-state index is 5.40. The zero-order valence-corrected chi connectivity index (χ0v) is 14.3. The summed E-state index contributed by atoms with van der Waals surface area (Å²) in [5, 5.41) is 4.02. The van der Waals surface area contributed by atoms with Crippen molar-refractivity contribution in [2.45, 2.75) is 5.03 Å². The van der Waals surface area contributed by atoms with Gasteiger partial charge in [-0.3, -0.25) is 0 Å². The molecule has 0 saturated carbocycles. The fourth-order valence-electron chi connectivity index (χ4n) is 2.28. The number of fused-ring (bicyclic) bond motifs is 1. The van der Waals surface area contributed by atoms with Gasteiger partial charge >= 0.3 is 0 Å². The minimum absolute atomic E-state index is 0.577. The zero-order valence-electron chi connectivity index (χ0n) is 12.7. The van der Waals surface area contributed by atoms with E-state index in [1.165, 1.54) is 0 Å². The molecule has 0 amide bonds. The highest BCUT2D eigenvalue weighted by molar-refractivity contribution is 7.99. The summed E-state index contributed by atoms with van der Waals surface area (Å²) in [6, 6.07) is 5.87. The molecule has 23 heavy (non-hydrogen) atoms. The topological polar surface area (TPSA) is 44.2 Å². The number of thiophene rings is 1. The largest absolute Gasteiger partial charge is 0.493 e. The SMILES string of the molecule is C#CCSc1ncnc2scc(-c3ccc(OC)c(OC)c3)c12. The van der Waals surface area contributed by atoms with Crippen molar-refractivity contribution in [3.05, 3.63) is 29.9 Å². The first kappa shape index (κ1) is 15.7. The molecule has 3 aromatic rings. The van der Waals surface area contributed by atoms with E-state index < -0.39 is 0 Å². The smallest absolute Gasteiger partial charge is 0.161 e. The van der Waals surface area contributed by atoms with Crippen molar-refractivity contribution in [1.29, 1.82) is 0 Å². The summed E-state index contributed by atoms with van der Waals surface area (Å²) in [6.07, 6.45) is 6.95. The van der Waals surface area contributed by atoms with Crippen LogP contribution in [0.5, 0.6) is 11.5 Å². The summed E-state index contributed by atoms with van der Waals surface area (Å²) in [7, 11) is 3.25. The summed E-state index contributed by atoms with van der Waals surface area (Å²) in [5.41, 5.74) is 2.11. The number of rotatable bonds is 5. The normalized spacial score (nSPS) is 10.5. The van der Waals surface area contributed by atoms with Crippen LogP contribution in [0.1, 0.15) is 0 Å². The fourth-order valence-corrected chi connectivity index (χ4v) is 3.96. The lowest BCUT2D eigenvalue weighted by molar-refractivity contribution is 0.355. The zero-order chi connectivity index (χ0) is 16.2. The van der Waals surface area contributed by atoms with Crippen molar-refractivity contribution < 1.29 is 9.47 Å². The molecular weight excluding hydrogens is 328 g/mol. The van der Waals surface area contributed by atoms with E-state index >= 15 is 0 Å². The van der Waals surface area contributed by atoms with E-state index in [0.717, 1.165) is 26.4 Å². The van der Waals surface area contributed by atoms with Gasteiger partial charge in [0.25, 0.3) is 0 Å². The molecule has 0 atom stereocenters. The highest BCUT2D eigenvalue weighted by Crippen LogP contribution is 2.40.